The van der Waals surface area contributed by atoms with E-state index in [4.69, 9.17) is 9.02 Å². The molecule has 0 saturated heterocycles. The molecule has 2 aromatic carbocycles. The highest BCUT2D eigenvalue weighted by molar-refractivity contribution is 7.94. The highest BCUT2D eigenvalue weighted by Crippen LogP contribution is 2.39. The third-order valence-corrected chi connectivity index (χ3v) is 7.15. The lowest BCUT2D eigenvalue weighted by Crippen LogP contribution is -2.26. The van der Waals surface area contributed by atoms with Crippen molar-refractivity contribution < 1.29 is 13.8 Å². The third kappa shape index (κ3) is 5.29. The number of carbonyl (C=O) groups excluding carboxylic acids is 1. The second kappa shape index (κ2) is 10.4. The van der Waals surface area contributed by atoms with Gasteiger partial charge in [-0.1, -0.05) is 42.6 Å². The van der Waals surface area contributed by atoms with Crippen molar-refractivity contribution in [1.82, 2.24) is 0 Å². The van der Waals surface area contributed by atoms with E-state index in [1.54, 1.807) is 6.21 Å². The molecule has 1 heterocycles. The molecule has 4 rings (SSSR count). The van der Waals surface area contributed by atoms with Gasteiger partial charge in [0, 0.05) is 11.9 Å². The zero-order valence-electron chi connectivity index (χ0n) is 18.9. The molecule has 6 heteroatoms. The quantitative estimate of drug-likeness (QED) is 0.196. The van der Waals surface area contributed by atoms with E-state index in [1.807, 2.05) is 32.0 Å². The number of anilines is 1. The summed E-state index contributed by atoms with van der Waals surface area (Å²) in [5.41, 5.74) is 2.74. The normalized spacial score (nSPS) is 17.9. The van der Waals surface area contributed by atoms with Crippen molar-refractivity contribution >= 4 is 29.9 Å². The fraction of sp³-hybridized carbons (Fsp3) is 0.462. The lowest BCUT2D eigenvalue weighted by atomic mass is 9.84. The number of nitrogens with one attached hydrogen (secondary N) is 1. The molecule has 1 saturated carbocycles. The predicted molar refractivity (Wildman–Crippen MR) is 131 cm³/mol. The monoisotopic (exact) mass is 452 g/mol. The molecule has 1 aliphatic carbocycles. The number of carbonyl (C=O) groups is 1. The smallest absolute Gasteiger partial charge is 0.234 e. The molecule has 2 aromatic rings. The largest absolute Gasteiger partial charge is 0.494 e. The van der Waals surface area contributed by atoms with E-state index in [9.17, 15) is 4.79 Å². The number of benzene rings is 2. The van der Waals surface area contributed by atoms with Crippen LogP contribution in [-0.2, 0) is 14.5 Å². The number of unbranched alkanes of at least 4 members (excludes halogenated alkanes) is 1. The highest BCUT2D eigenvalue weighted by Gasteiger charge is 2.38. The summed E-state index contributed by atoms with van der Waals surface area (Å²) < 4.78 is 11.4. The van der Waals surface area contributed by atoms with Crippen LogP contribution in [0, 0.1) is 0 Å². The Hall–Kier alpha value is -2.47. The van der Waals surface area contributed by atoms with Gasteiger partial charge >= 0.3 is 0 Å². The van der Waals surface area contributed by atoms with Crippen LogP contribution in [0.5, 0.6) is 5.75 Å². The van der Waals surface area contributed by atoms with Crippen LogP contribution in [-0.4, -0.2) is 18.7 Å². The minimum absolute atomic E-state index is 0.0279. The number of amides is 1. The molecule has 0 spiro atoms. The molecule has 0 atom stereocenters. The SMILES string of the molecule is CC1(C)C(=O)Nc2ccc(OCCCC=NOSc3ccccc3C3CCCCC3)cc21. The van der Waals surface area contributed by atoms with Crippen molar-refractivity contribution in [2.45, 2.75) is 75.0 Å². The van der Waals surface area contributed by atoms with E-state index in [2.05, 4.69) is 34.7 Å². The lowest BCUT2D eigenvalue weighted by molar-refractivity contribution is -0.119. The van der Waals surface area contributed by atoms with Crippen molar-refractivity contribution in [3.63, 3.8) is 0 Å². The van der Waals surface area contributed by atoms with E-state index in [-0.39, 0.29) is 5.91 Å². The van der Waals surface area contributed by atoms with Gasteiger partial charge in [-0.05, 0) is 80.8 Å². The van der Waals surface area contributed by atoms with E-state index >= 15 is 0 Å². The van der Waals surface area contributed by atoms with Crippen molar-refractivity contribution in [3.05, 3.63) is 53.6 Å². The summed E-state index contributed by atoms with van der Waals surface area (Å²) in [4.78, 5) is 13.2. The van der Waals surface area contributed by atoms with E-state index in [1.165, 1.54) is 54.6 Å². The zero-order valence-corrected chi connectivity index (χ0v) is 19.7. The minimum Gasteiger partial charge on any atom is -0.494 e. The Labute approximate surface area is 195 Å². The van der Waals surface area contributed by atoms with Crippen LogP contribution in [0.1, 0.15) is 75.8 Å². The van der Waals surface area contributed by atoms with Crippen molar-refractivity contribution in [3.8, 4) is 5.75 Å². The molecule has 0 aromatic heterocycles. The molecular formula is C26H32N2O3S. The number of fused-ring (bicyclic) bond motifs is 1. The molecule has 1 amide bonds. The maximum atomic E-state index is 12.1. The maximum Gasteiger partial charge on any atom is 0.234 e. The fourth-order valence-electron chi connectivity index (χ4n) is 4.46. The van der Waals surface area contributed by atoms with E-state index in [0.717, 1.165) is 29.8 Å². The average Bonchev–Trinajstić information content (AvgIpc) is 3.04. The Bertz CT molecular complexity index is 967. The van der Waals surface area contributed by atoms with Crippen molar-refractivity contribution in [2.75, 3.05) is 11.9 Å². The molecule has 1 N–H and O–H groups in total. The second-order valence-electron chi connectivity index (χ2n) is 9.10. The summed E-state index contributed by atoms with van der Waals surface area (Å²) in [5, 5.41) is 7.03. The van der Waals surface area contributed by atoms with Gasteiger partial charge in [-0.15, -0.1) is 0 Å². The van der Waals surface area contributed by atoms with Crippen molar-refractivity contribution in [2.24, 2.45) is 5.16 Å². The summed E-state index contributed by atoms with van der Waals surface area (Å²) in [6.07, 6.45) is 9.97. The summed E-state index contributed by atoms with van der Waals surface area (Å²) in [7, 11) is 0. The lowest BCUT2D eigenvalue weighted by Gasteiger charge is -2.23. The molecule has 0 unspecified atom stereocenters. The van der Waals surface area contributed by atoms with Crippen LogP contribution in [0.25, 0.3) is 0 Å². The van der Waals surface area contributed by atoms with Gasteiger partial charge in [0.25, 0.3) is 0 Å². The van der Waals surface area contributed by atoms with E-state index < -0.39 is 5.41 Å². The van der Waals surface area contributed by atoms with Crippen molar-refractivity contribution in [1.29, 1.82) is 0 Å². The summed E-state index contributed by atoms with van der Waals surface area (Å²) in [6, 6.07) is 14.3. The van der Waals surface area contributed by atoms with Gasteiger partial charge in [-0.25, -0.2) is 0 Å². The molecule has 2 aliphatic rings. The maximum absolute atomic E-state index is 12.1. The van der Waals surface area contributed by atoms with Gasteiger partial charge in [-0.2, -0.15) is 0 Å². The van der Waals surface area contributed by atoms with Crippen LogP contribution in [0.2, 0.25) is 0 Å². The Balaban J connectivity index is 1.18. The van der Waals surface area contributed by atoms with E-state index in [0.29, 0.717) is 12.5 Å². The molecule has 170 valence electrons. The Kier molecular flexibility index (Phi) is 7.40. The van der Waals surface area contributed by atoms with Gasteiger partial charge in [0.1, 0.15) is 17.8 Å². The predicted octanol–water partition coefficient (Wildman–Crippen LogP) is 6.83. The second-order valence-corrected chi connectivity index (χ2v) is 9.85. The van der Waals surface area contributed by atoms with Crippen LogP contribution in [0.15, 0.2) is 52.5 Å². The standard InChI is InChI=1S/C26H32N2O3S/c1-26(2)22-18-20(14-15-23(22)28-25(26)29)30-17-9-8-16-27-31-32-24-13-7-6-12-21(24)19-10-4-3-5-11-19/h6-7,12-16,18-19H,3-5,8-11,17H2,1-2H3,(H,28,29). The van der Waals surface area contributed by atoms with Crippen LogP contribution >= 0.6 is 12.0 Å². The number of hydrogen-bond donors (Lipinski definition) is 1. The molecule has 32 heavy (non-hydrogen) atoms. The number of nitrogens with zero attached hydrogens (tertiary/aromatic N) is 1. The molecule has 5 nitrogen and oxygen atoms in total. The summed E-state index contributed by atoms with van der Waals surface area (Å²) in [5.74, 6) is 1.47. The van der Waals surface area contributed by atoms with Gasteiger partial charge < -0.3 is 14.3 Å². The number of ether oxygens (including phenoxy) is 1. The first-order chi connectivity index (χ1) is 15.6. The van der Waals surface area contributed by atoms with Gasteiger partial charge in [0.2, 0.25) is 5.91 Å². The average molecular weight is 453 g/mol. The molecule has 1 aliphatic heterocycles. The summed E-state index contributed by atoms with van der Waals surface area (Å²) in [6.45, 7) is 4.45. The van der Waals surface area contributed by atoms with Gasteiger partial charge in [-0.3, -0.25) is 4.79 Å². The Morgan fingerprint density at radius 3 is 2.81 bits per heavy atom. The Morgan fingerprint density at radius 2 is 1.97 bits per heavy atom. The van der Waals surface area contributed by atoms with Crippen LogP contribution in [0.4, 0.5) is 5.69 Å². The van der Waals surface area contributed by atoms with Crippen LogP contribution < -0.4 is 10.1 Å². The molecule has 0 bridgehead atoms. The minimum atomic E-state index is -0.522. The summed E-state index contributed by atoms with van der Waals surface area (Å²) >= 11 is 1.35. The molecule has 0 radical (unpaired) electrons. The third-order valence-electron chi connectivity index (χ3n) is 6.44. The Morgan fingerprint density at radius 1 is 1.16 bits per heavy atom. The first kappa shape index (κ1) is 22.7. The van der Waals surface area contributed by atoms with Crippen LogP contribution in [0.3, 0.4) is 0 Å². The number of rotatable bonds is 9. The first-order valence-corrected chi connectivity index (χ1v) is 12.3. The number of oxime groups is 1. The van der Waals surface area contributed by atoms with Gasteiger partial charge in [0.05, 0.1) is 16.9 Å². The fourth-order valence-corrected chi connectivity index (χ4v) is 5.11. The molecular weight excluding hydrogens is 420 g/mol. The first-order valence-electron chi connectivity index (χ1n) is 11.6. The zero-order chi connectivity index (χ0) is 22.4. The highest BCUT2D eigenvalue weighted by atomic mass is 32.2. The molecule has 1 fully saturated rings. The number of hydrogen-bond acceptors (Lipinski definition) is 5. The topological polar surface area (TPSA) is 59.9 Å². The van der Waals surface area contributed by atoms with Gasteiger partial charge in [0.15, 0.2) is 0 Å².